The van der Waals surface area contributed by atoms with E-state index in [-0.39, 0.29) is 6.10 Å². The summed E-state index contributed by atoms with van der Waals surface area (Å²) in [7, 11) is 0. The molecule has 1 atom stereocenters. The van der Waals surface area contributed by atoms with Gasteiger partial charge in [0.1, 0.15) is 0 Å². The molecule has 0 fully saturated rings. The van der Waals surface area contributed by atoms with Crippen molar-refractivity contribution >= 4 is 0 Å². The van der Waals surface area contributed by atoms with E-state index in [1.807, 2.05) is 19.1 Å². The van der Waals surface area contributed by atoms with Gasteiger partial charge in [-0.2, -0.15) is 0 Å². The molecule has 1 aromatic heterocycles. The lowest BCUT2D eigenvalue weighted by Gasteiger charge is -1.98. The van der Waals surface area contributed by atoms with Crippen LogP contribution in [0.25, 0.3) is 0 Å². The predicted octanol–water partition coefficient (Wildman–Crippen LogP) is 1.59. The van der Waals surface area contributed by atoms with E-state index in [4.69, 9.17) is 0 Å². The van der Waals surface area contributed by atoms with Gasteiger partial charge in [0.2, 0.25) is 0 Å². The third-order valence-corrected chi connectivity index (χ3v) is 1.70. The van der Waals surface area contributed by atoms with E-state index in [2.05, 4.69) is 16.8 Å². The zero-order valence-corrected chi connectivity index (χ0v) is 7.70. The second-order valence-electron chi connectivity index (χ2n) is 2.81. The molecule has 2 nitrogen and oxygen atoms in total. The molecule has 2 heteroatoms. The van der Waals surface area contributed by atoms with Crippen molar-refractivity contribution in [2.45, 2.75) is 25.9 Å². The molecule has 13 heavy (non-hydrogen) atoms. The number of aromatic nitrogens is 1. The summed E-state index contributed by atoms with van der Waals surface area (Å²) in [6.45, 7) is 1.94. The molecule has 0 amide bonds. The first-order valence-corrected chi connectivity index (χ1v) is 4.40. The van der Waals surface area contributed by atoms with Crippen LogP contribution in [0.4, 0.5) is 0 Å². The van der Waals surface area contributed by atoms with Gasteiger partial charge >= 0.3 is 0 Å². The van der Waals surface area contributed by atoms with Crippen LogP contribution in [0.5, 0.6) is 0 Å². The van der Waals surface area contributed by atoms with Crippen molar-refractivity contribution in [1.29, 1.82) is 0 Å². The zero-order chi connectivity index (χ0) is 9.52. The van der Waals surface area contributed by atoms with Crippen molar-refractivity contribution in [3.63, 3.8) is 0 Å². The summed E-state index contributed by atoms with van der Waals surface area (Å²) in [6.07, 6.45) is 4.41. The molecule has 68 valence electrons. The third kappa shape index (κ3) is 3.73. The van der Waals surface area contributed by atoms with Crippen molar-refractivity contribution in [2.24, 2.45) is 0 Å². The van der Waals surface area contributed by atoms with E-state index in [0.29, 0.717) is 6.42 Å². The minimum atomic E-state index is -0.302. The molecule has 1 heterocycles. The quantitative estimate of drug-likeness (QED) is 0.692. The molecule has 0 aromatic carbocycles. The Labute approximate surface area is 78.6 Å². The predicted molar refractivity (Wildman–Crippen MR) is 52.0 cm³/mol. The van der Waals surface area contributed by atoms with E-state index < -0.39 is 0 Å². The fraction of sp³-hybridized carbons (Fsp3) is 0.364. The Morgan fingerprint density at radius 3 is 3.08 bits per heavy atom. The number of aliphatic hydroxyl groups is 1. The molecule has 1 aromatic rings. The van der Waals surface area contributed by atoms with Crippen LogP contribution in [0.1, 0.15) is 25.3 Å². The lowest BCUT2D eigenvalue weighted by molar-refractivity contribution is 0.176. The van der Waals surface area contributed by atoms with Gasteiger partial charge in [-0.3, -0.25) is 4.98 Å². The SMILES string of the molecule is CC[C@H](O)CC#Cc1cccnc1. The molecule has 0 bridgehead atoms. The van der Waals surface area contributed by atoms with Gasteiger partial charge in [-0.15, -0.1) is 0 Å². The molecule has 1 N–H and O–H groups in total. The van der Waals surface area contributed by atoms with Crippen LogP contribution in [-0.2, 0) is 0 Å². The number of rotatable bonds is 2. The summed E-state index contributed by atoms with van der Waals surface area (Å²) in [4.78, 5) is 3.94. The first-order valence-electron chi connectivity index (χ1n) is 4.40. The highest BCUT2D eigenvalue weighted by Gasteiger charge is 1.94. The molecule has 0 radical (unpaired) electrons. The number of hydrogen-bond donors (Lipinski definition) is 1. The monoisotopic (exact) mass is 175 g/mol. The van der Waals surface area contributed by atoms with Gasteiger partial charge in [-0.05, 0) is 18.6 Å². The number of hydrogen-bond acceptors (Lipinski definition) is 2. The summed E-state index contributed by atoms with van der Waals surface area (Å²) < 4.78 is 0. The number of aliphatic hydroxyl groups excluding tert-OH is 1. The van der Waals surface area contributed by atoms with Crippen molar-refractivity contribution in [3.05, 3.63) is 30.1 Å². The Morgan fingerprint density at radius 1 is 1.62 bits per heavy atom. The third-order valence-electron chi connectivity index (χ3n) is 1.70. The standard InChI is InChI=1S/C11H13NO/c1-2-11(13)7-3-5-10-6-4-8-12-9-10/h4,6,8-9,11,13H,2,7H2,1H3/t11-/m0/s1. The maximum atomic E-state index is 9.22. The Kier molecular flexibility index (Phi) is 4.01. The van der Waals surface area contributed by atoms with E-state index in [1.54, 1.807) is 12.4 Å². The molecule has 1 rings (SSSR count). The Morgan fingerprint density at radius 2 is 2.46 bits per heavy atom. The topological polar surface area (TPSA) is 33.1 Å². The zero-order valence-electron chi connectivity index (χ0n) is 7.70. The maximum absolute atomic E-state index is 9.22. The smallest absolute Gasteiger partial charge is 0.0646 e. The number of nitrogens with zero attached hydrogens (tertiary/aromatic N) is 1. The first-order chi connectivity index (χ1) is 6.33. The maximum Gasteiger partial charge on any atom is 0.0646 e. The van der Waals surface area contributed by atoms with Crippen LogP contribution >= 0.6 is 0 Å². The van der Waals surface area contributed by atoms with Crippen LogP contribution in [-0.4, -0.2) is 16.2 Å². The Hall–Kier alpha value is -1.33. The molecule has 0 aliphatic heterocycles. The van der Waals surface area contributed by atoms with Gasteiger partial charge in [-0.25, -0.2) is 0 Å². The molecule has 0 saturated heterocycles. The average molecular weight is 175 g/mol. The molecular weight excluding hydrogens is 162 g/mol. The van der Waals surface area contributed by atoms with Gasteiger partial charge in [0.25, 0.3) is 0 Å². The summed E-state index contributed by atoms with van der Waals surface area (Å²) in [6, 6.07) is 3.75. The van der Waals surface area contributed by atoms with Gasteiger partial charge in [-0.1, -0.05) is 18.8 Å². The largest absolute Gasteiger partial charge is 0.392 e. The molecule has 0 saturated carbocycles. The minimum absolute atomic E-state index is 0.302. The summed E-state index contributed by atoms with van der Waals surface area (Å²) in [5, 5.41) is 9.22. The molecule has 0 unspecified atom stereocenters. The fourth-order valence-corrected chi connectivity index (χ4v) is 0.852. The van der Waals surface area contributed by atoms with Crippen LogP contribution in [0.2, 0.25) is 0 Å². The Balaban J connectivity index is 2.49. The van der Waals surface area contributed by atoms with Gasteiger partial charge < -0.3 is 5.11 Å². The van der Waals surface area contributed by atoms with E-state index >= 15 is 0 Å². The lowest BCUT2D eigenvalue weighted by Crippen LogP contribution is -2.01. The Bertz CT molecular complexity index is 297. The minimum Gasteiger partial charge on any atom is -0.392 e. The molecular formula is C11H13NO. The highest BCUT2D eigenvalue weighted by Crippen LogP contribution is 1.96. The van der Waals surface area contributed by atoms with E-state index in [1.165, 1.54) is 0 Å². The highest BCUT2D eigenvalue weighted by molar-refractivity contribution is 5.30. The van der Waals surface area contributed by atoms with E-state index in [0.717, 1.165) is 12.0 Å². The average Bonchev–Trinajstić information content (AvgIpc) is 2.19. The van der Waals surface area contributed by atoms with Gasteiger partial charge in [0.05, 0.1) is 6.10 Å². The van der Waals surface area contributed by atoms with Crippen LogP contribution in [0, 0.1) is 11.8 Å². The first kappa shape index (κ1) is 9.76. The van der Waals surface area contributed by atoms with Crippen molar-refractivity contribution in [2.75, 3.05) is 0 Å². The normalized spacial score (nSPS) is 11.5. The summed E-state index contributed by atoms with van der Waals surface area (Å²) in [5.74, 6) is 5.85. The summed E-state index contributed by atoms with van der Waals surface area (Å²) >= 11 is 0. The van der Waals surface area contributed by atoms with Crippen molar-refractivity contribution in [1.82, 2.24) is 4.98 Å². The van der Waals surface area contributed by atoms with Gasteiger partial charge in [0, 0.05) is 24.4 Å². The number of pyridine rings is 1. The van der Waals surface area contributed by atoms with Gasteiger partial charge in [0.15, 0.2) is 0 Å². The highest BCUT2D eigenvalue weighted by atomic mass is 16.3. The molecule has 0 spiro atoms. The van der Waals surface area contributed by atoms with Crippen LogP contribution in [0.15, 0.2) is 24.5 Å². The lowest BCUT2D eigenvalue weighted by atomic mass is 10.2. The second kappa shape index (κ2) is 5.34. The van der Waals surface area contributed by atoms with Crippen LogP contribution in [0.3, 0.4) is 0 Å². The van der Waals surface area contributed by atoms with Crippen molar-refractivity contribution < 1.29 is 5.11 Å². The fourth-order valence-electron chi connectivity index (χ4n) is 0.852. The summed E-state index contributed by atoms with van der Waals surface area (Å²) in [5.41, 5.74) is 0.894. The molecule has 0 aliphatic carbocycles. The second-order valence-corrected chi connectivity index (χ2v) is 2.81. The molecule has 0 aliphatic rings. The van der Waals surface area contributed by atoms with E-state index in [9.17, 15) is 5.11 Å². The van der Waals surface area contributed by atoms with Crippen molar-refractivity contribution in [3.8, 4) is 11.8 Å². The van der Waals surface area contributed by atoms with Crippen LogP contribution < -0.4 is 0 Å².